The van der Waals surface area contributed by atoms with Gasteiger partial charge in [0.25, 0.3) is 0 Å². The van der Waals surface area contributed by atoms with E-state index in [0.717, 1.165) is 27.9 Å². The fourth-order valence-electron chi connectivity index (χ4n) is 3.10. The van der Waals surface area contributed by atoms with Crippen molar-refractivity contribution in [3.63, 3.8) is 0 Å². The van der Waals surface area contributed by atoms with Gasteiger partial charge in [0, 0.05) is 42.6 Å². The maximum absolute atomic E-state index is 11.9. The van der Waals surface area contributed by atoms with Gasteiger partial charge in [-0.2, -0.15) is 5.26 Å². The van der Waals surface area contributed by atoms with E-state index in [1.165, 1.54) is 0 Å². The molecule has 0 atom stereocenters. The average molecular weight is 391 g/mol. The van der Waals surface area contributed by atoms with Crippen LogP contribution < -0.4 is 9.82 Å². The van der Waals surface area contributed by atoms with Crippen molar-refractivity contribution in [2.24, 2.45) is 0 Å². The van der Waals surface area contributed by atoms with Crippen molar-refractivity contribution in [2.45, 2.75) is 13.5 Å². The Morgan fingerprint density at radius 3 is 2.43 bits per heavy atom. The summed E-state index contributed by atoms with van der Waals surface area (Å²) in [6.45, 7) is 6.09. The van der Waals surface area contributed by atoms with Crippen LogP contribution in [-0.2, 0) is 11.1 Å². The van der Waals surface area contributed by atoms with Crippen LogP contribution >= 0.6 is 7.29 Å². The summed E-state index contributed by atoms with van der Waals surface area (Å²) in [4.78, 5) is 0. The van der Waals surface area contributed by atoms with Crippen molar-refractivity contribution in [1.82, 2.24) is 4.57 Å². The zero-order valence-electron chi connectivity index (χ0n) is 16.4. The van der Waals surface area contributed by atoms with Gasteiger partial charge < -0.3 is 19.0 Å². The second-order valence-electron chi connectivity index (χ2n) is 6.75. The Labute approximate surface area is 165 Å². The normalized spacial score (nSPS) is 10.8. The number of aromatic nitrogens is 1. The highest BCUT2D eigenvalue weighted by atomic mass is 31.2. The molecule has 6 heteroatoms. The van der Waals surface area contributed by atoms with Crippen molar-refractivity contribution in [2.75, 3.05) is 25.5 Å². The number of hydrogen-bond donors (Lipinski definition) is 1. The number of anilines is 1. The first-order valence-electron chi connectivity index (χ1n) is 8.92. The number of aryl methyl sites for hydroxylation is 1. The van der Waals surface area contributed by atoms with Gasteiger partial charge in [-0.05, 0) is 49.2 Å². The molecule has 0 bridgehead atoms. The third-order valence-electron chi connectivity index (χ3n) is 4.31. The van der Waals surface area contributed by atoms with Crippen molar-refractivity contribution in [1.29, 1.82) is 5.26 Å². The molecule has 0 aliphatic carbocycles. The Balaban J connectivity index is 2.03. The number of hydrogen-bond acceptors (Lipinski definition) is 3. The summed E-state index contributed by atoms with van der Waals surface area (Å²) in [5, 5.41) is 13.6. The molecule has 1 aromatic heterocycles. The molecule has 5 nitrogen and oxygen atoms in total. The fourth-order valence-corrected chi connectivity index (χ4v) is 3.87. The number of nitrogens with zero attached hydrogens (tertiary/aromatic N) is 2. The smallest absolute Gasteiger partial charge is 0.164 e. The highest BCUT2D eigenvalue weighted by molar-refractivity contribution is 7.63. The van der Waals surface area contributed by atoms with Gasteiger partial charge in [0.15, 0.2) is 7.29 Å². The summed E-state index contributed by atoms with van der Waals surface area (Å²) in [6, 6.07) is 15.4. The lowest BCUT2D eigenvalue weighted by molar-refractivity contribution is 0.415. The molecular weight excluding hydrogens is 369 g/mol. The fraction of sp³-hybridized carbons (Fsp3) is 0.227. The second-order valence-corrected chi connectivity index (χ2v) is 9.68. The van der Waals surface area contributed by atoms with Gasteiger partial charge in [-0.15, -0.1) is 0 Å². The molecule has 0 spiro atoms. The number of benzene rings is 2. The Hall–Kier alpha value is -3.14. The van der Waals surface area contributed by atoms with E-state index in [2.05, 4.69) is 23.0 Å². The number of rotatable bonds is 4. The minimum atomic E-state index is -2.35. The lowest BCUT2D eigenvalue weighted by atomic mass is 10.1. The first kappa shape index (κ1) is 19.6. The highest BCUT2D eigenvalue weighted by Gasteiger charge is 2.15. The SMILES string of the molecule is CCn1c(C#Cc2ccc(NP(C)(C)=O)cc2)c(C#N)c2ccc(OC)cc21. The van der Waals surface area contributed by atoms with Crippen LogP contribution in [0.4, 0.5) is 5.69 Å². The van der Waals surface area contributed by atoms with Gasteiger partial charge in [-0.25, -0.2) is 0 Å². The van der Waals surface area contributed by atoms with Gasteiger partial charge in [0.05, 0.1) is 18.2 Å². The largest absolute Gasteiger partial charge is 0.497 e. The summed E-state index contributed by atoms with van der Waals surface area (Å²) < 4.78 is 19.2. The van der Waals surface area contributed by atoms with Crippen LogP contribution in [0.3, 0.4) is 0 Å². The van der Waals surface area contributed by atoms with Crippen LogP contribution in [0.2, 0.25) is 0 Å². The molecule has 1 heterocycles. The van der Waals surface area contributed by atoms with E-state index in [1.807, 2.05) is 54.0 Å². The molecule has 0 fully saturated rings. The molecular formula is C22H22N3O2P. The summed E-state index contributed by atoms with van der Waals surface area (Å²) in [6.07, 6.45) is 0. The van der Waals surface area contributed by atoms with Gasteiger partial charge in [0.2, 0.25) is 0 Å². The third kappa shape index (κ3) is 4.06. The number of ether oxygens (including phenoxy) is 1. The maximum atomic E-state index is 11.9. The predicted molar refractivity (Wildman–Crippen MR) is 114 cm³/mol. The molecule has 0 amide bonds. The molecule has 1 N–H and O–H groups in total. The van der Waals surface area contributed by atoms with E-state index in [0.29, 0.717) is 17.8 Å². The third-order valence-corrected chi connectivity index (χ3v) is 5.10. The lowest BCUT2D eigenvalue weighted by Crippen LogP contribution is -1.98. The van der Waals surface area contributed by atoms with Crippen LogP contribution in [0.1, 0.15) is 23.7 Å². The monoisotopic (exact) mass is 391 g/mol. The number of nitriles is 1. The minimum absolute atomic E-state index is 0.572. The average Bonchev–Trinajstić information content (AvgIpc) is 2.97. The first-order chi connectivity index (χ1) is 13.4. The minimum Gasteiger partial charge on any atom is -0.497 e. The van der Waals surface area contributed by atoms with Crippen LogP contribution in [0.15, 0.2) is 42.5 Å². The van der Waals surface area contributed by atoms with E-state index in [4.69, 9.17) is 4.74 Å². The zero-order valence-corrected chi connectivity index (χ0v) is 17.3. The Morgan fingerprint density at radius 2 is 1.86 bits per heavy atom. The van der Waals surface area contributed by atoms with Gasteiger partial charge in [-0.3, -0.25) is 0 Å². The van der Waals surface area contributed by atoms with Crippen LogP contribution in [0.5, 0.6) is 5.75 Å². The Morgan fingerprint density at radius 1 is 1.14 bits per heavy atom. The van der Waals surface area contributed by atoms with E-state index in [9.17, 15) is 9.83 Å². The number of fused-ring (bicyclic) bond motifs is 1. The molecule has 0 aliphatic heterocycles. The van der Waals surface area contributed by atoms with Crippen molar-refractivity contribution in [3.8, 4) is 23.7 Å². The molecule has 0 saturated heterocycles. The molecule has 142 valence electrons. The zero-order chi connectivity index (χ0) is 20.3. The van der Waals surface area contributed by atoms with Crippen LogP contribution in [0, 0.1) is 23.2 Å². The van der Waals surface area contributed by atoms with E-state index in [-0.39, 0.29) is 0 Å². The molecule has 0 aliphatic rings. The van der Waals surface area contributed by atoms with Crippen molar-refractivity contribution >= 4 is 23.9 Å². The maximum Gasteiger partial charge on any atom is 0.164 e. The lowest BCUT2D eigenvalue weighted by Gasteiger charge is -2.10. The molecule has 3 aromatic rings. The Bertz CT molecular complexity index is 1170. The molecule has 28 heavy (non-hydrogen) atoms. The van der Waals surface area contributed by atoms with Crippen molar-refractivity contribution in [3.05, 3.63) is 59.3 Å². The molecule has 2 aromatic carbocycles. The van der Waals surface area contributed by atoms with Crippen LogP contribution in [0.25, 0.3) is 10.9 Å². The summed E-state index contributed by atoms with van der Waals surface area (Å²) in [7, 11) is -0.721. The van der Waals surface area contributed by atoms with Crippen LogP contribution in [-0.4, -0.2) is 25.0 Å². The number of methoxy groups -OCH3 is 1. The molecule has 0 saturated carbocycles. The first-order valence-corrected chi connectivity index (χ1v) is 11.5. The van der Waals surface area contributed by atoms with Gasteiger partial charge in [0.1, 0.15) is 17.5 Å². The summed E-state index contributed by atoms with van der Waals surface area (Å²) in [5.74, 6) is 7.06. The standard InChI is InChI=1S/C22H22N3O2P/c1-5-25-21(20(15-23)19-12-11-18(27-2)14-22(19)25)13-8-16-6-9-17(10-7-16)24-28(3,4)26/h6-7,9-12,14H,5H2,1-4H3,(H,24,26). The van der Waals surface area contributed by atoms with E-state index < -0.39 is 7.29 Å². The quantitative estimate of drug-likeness (QED) is 0.508. The summed E-state index contributed by atoms with van der Waals surface area (Å²) in [5.41, 5.74) is 3.82. The van der Waals surface area contributed by atoms with Crippen molar-refractivity contribution < 1.29 is 9.30 Å². The second kappa shape index (κ2) is 7.85. The molecule has 0 radical (unpaired) electrons. The van der Waals surface area contributed by atoms with E-state index in [1.54, 1.807) is 20.4 Å². The highest BCUT2D eigenvalue weighted by Crippen LogP contribution is 2.36. The van der Waals surface area contributed by atoms with E-state index >= 15 is 0 Å². The molecule has 3 rings (SSSR count). The predicted octanol–water partition coefficient (Wildman–Crippen LogP) is 4.89. The topological polar surface area (TPSA) is 67.0 Å². The Kier molecular flexibility index (Phi) is 5.50. The molecule has 0 unspecified atom stereocenters. The number of nitrogens with one attached hydrogen (secondary N) is 1. The van der Waals surface area contributed by atoms with Gasteiger partial charge in [-0.1, -0.05) is 5.92 Å². The summed E-state index contributed by atoms with van der Waals surface area (Å²) >= 11 is 0. The van der Waals surface area contributed by atoms with Gasteiger partial charge >= 0.3 is 0 Å².